The summed E-state index contributed by atoms with van der Waals surface area (Å²) in [6.45, 7) is 3.91. The molecule has 2 aromatic rings. The van der Waals surface area contributed by atoms with Crippen molar-refractivity contribution in [3.8, 4) is 0 Å². The second-order valence-corrected chi connectivity index (χ2v) is 7.71. The van der Waals surface area contributed by atoms with Crippen molar-refractivity contribution < 1.29 is 9.18 Å². The molecule has 0 saturated heterocycles. The molecule has 1 amide bonds. The molecule has 162 valence electrons. The van der Waals surface area contributed by atoms with E-state index < -0.39 is 0 Å². The number of rotatable bonds is 7. The molecule has 7 heteroatoms. The summed E-state index contributed by atoms with van der Waals surface area (Å²) in [6, 6.07) is 14.5. The van der Waals surface area contributed by atoms with Gasteiger partial charge in [-0.2, -0.15) is 0 Å². The highest BCUT2D eigenvalue weighted by molar-refractivity contribution is 14.0. The van der Waals surface area contributed by atoms with E-state index >= 15 is 0 Å². The maximum Gasteiger partial charge on any atom is 0.253 e. The quantitative estimate of drug-likeness (QED) is 0.328. The molecule has 1 aliphatic rings. The predicted octanol–water partition coefficient (Wildman–Crippen LogP) is 3.93. The van der Waals surface area contributed by atoms with Gasteiger partial charge >= 0.3 is 0 Å². The second-order valence-electron chi connectivity index (χ2n) is 7.71. The molecule has 0 atom stereocenters. The molecule has 1 aliphatic carbocycles. The average molecular weight is 524 g/mol. The normalized spacial score (nSPS) is 14.5. The Morgan fingerprint density at radius 1 is 1.10 bits per heavy atom. The zero-order valence-electron chi connectivity index (χ0n) is 17.7. The molecule has 5 nitrogen and oxygen atoms in total. The van der Waals surface area contributed by atoms with Gasteiger partial charge in [0.15, 0.2) is 5.96 Å². The van der Waals surface area contributed by atoms with Crippen LogP contribution >= 0.6 is 24.0 Å². The fraction of sp³-hybridized carbons (Fsp3) is 0.391. The maximum absolute atomic E-state index is 14.2. The van der Waals surface area contributed by atoms with Crippen molar-refractivity contribution >= 4 is 35.8 Å². The lowest BCUT2D eigenvalue weighted by Gasteiger charge is -2.19. The molecule has 30 heavy (non-hydrogen) atoms. The molecule has 1 fully saturated rings. The number of hydrogen-bond acceptors (Lipinski definition) is 2. The lowest BCUT2D eigenvalue weighted by atomic mass is 9.95. The van der Waals surface area contributed by atoms with Gasteiger partial charge in [-0.1, -0.05) is 30.3 Å². The van der Waals surface area contributed by atoms with Crippen LogP contribution in [0.3, 0.4) is 0 Å². The van der Waals surface area contributed by atoms with Gasteiger partial charge in [0, 0.05) is 38.2 Å². The highest BCUT2D eigenvalue weighted by Crippen LogP contribution is 2.48. The van der Waals surface area contributed by atoms with Gasteiger partial charge < -0.3 is 15.5 Å². The smallest absolute Gasteiger partial charge is 0.253 e. The summed E-state index contributed by atoms with van der Waals surface area (Å²) in [7, 11) is 3.48. The number of halogens is 2. The topological polar surface area (TPSA) is 56.7 Å². The van der Waals surface area contributed by atoms with E-state index in [-0.39, 0.29) is 41.1 Å². The van der Waals surface area contributed by atoms with E-state index in [4.69, 9.17) is 0 Å². The Labute approximate surface area is 195 Å². The lowest BCUT2D eigenvalue weighted by molar-refractivity contribution is 0.0827. The number of guanidine groups is 1. The van der Waals surface area contributed by atoms with Gasteiger partial charge in [-0.05, 0) is 49.1 Å². The van der Waals surface area contributed by atoms with Crippen LogP contribution in [0.15, 0.2) is 53.5 Å². The minimum Gasteiger partial charge on any atom is -0.357 e. The second kappa shape index (κ2) is 10.7. The number of benzene rings is 2. The fourth-order valence-corrected chi connectivity index (χ4v) is 3.36. The fourth-order valence-electron chi connectivity index (χ4n) is 3.36. The number of nitrogens with one attached hydrogen (secondary N) is 2. The van der Waals surface area contributed by atoms with Crippen molar-refractivity contribution in [2.24, 2.45) is 4.99 Å². The summed E-state index contributed by atoms with van der Waals surface area (Å²) < 4.78 is 14.2. The highest BCUT2D eigenvalue weighted by atomic mass is 127. The SMILES string of the molecule is CCNC(=NCc1ccc(C(=O)N(C)C)cc1)NCC1(c2ccccc2F)CC1.I. The van der Waals surface area contributed by atoms with E-state index in [1.165, 1.54) is 6.07 Å². The maximum atomic E-state index is 14.2. The Bertz CT molecular complexity index is 879. The third-order valence-corrected chi connectivity index (χ3v) is 5.26. The van der Waals surface area contributed by atoms with Gasteiger partial charge in [0.1, 0.15) is 5.82 Å². The molecule has 0 heterocycles. The van der Waals surface area contributed by atoms with Gasteiger partial charge in [-0.3, -0.25) is 4.79 Å². The molecule has 0 radical (unpaired) electrons. The van der Waals surface area contributed by atoms with E-state index in [1.54, 1.807) is 25.1 Å². The standard InChI is InChI=1S/C23H29FN4O.HI/c1-4-25-22(26-15-17-9-11-18(12-10-17)21(29)28(2)3)27-16-23(13-14-23)19-7-5-6-8-20(19)24;/h5-12H,4,13-16H2,1-3H3,(H2,25,26,27);1H. The van der Waals surface area contributed by atoms with Crippen LogP contribution in [0.1, 0.15) is 41.3 Å². The Morgan fingerprint density at radius 3 is 2.33 bits per heavy atom. The van der Waals surface area contributed by atoms with Crippen LogP contribution in [-0.4, -0.2) is 44.0 Å². The van der Waals surface area contributed by atoms with Crippen molar-refractivity contribution in [1.82, 2.24) is 15.5 Å². The average Bonchev–Trinajstić information content (AvgIpc) is 3.51. The van der Waals surface area contributed by atoms with Gasteiger partial charge in [-0.25, -0.2) is 9.38 Å². The van der Waals surface area contributed by atoms with Crippen molar-refractivity contribution in [3.63, 3.8) is 0 Å². The molecule has 2 N–H and O–H groups in total. The molecular formula is C23H30FIN4O. The van der Waals surface area contributed by atoms with Crippen LogP contribution in [0, 0.1) is 5.82 Å². The molecule has 1 saturated carbocycles. The zero-order valence-corrected chi connectivity index (χ0v) is 20.1. The summed E-state index contributed by atoms with van der Waals surface area (Å²) >= 11 is 0. The monoisotopic (exact) mass is 524 g/mol. The minimum atomic E-state index is -0.143. The Balaban J connectivity index is 0.00000320. The van der Waals surface area contributed by atoms with Crippen molar-refractivity contribution in [2.75, 3.05) is 27.2 Å². The predicted molar refractivity (Wildman–Crippen MR) is 130 cm³/mol. The number of hydrogen-bond donors (Lipinski definition) is 2. The number of carbonyl (C=O) groups excluding carboxylic acids is 1. The largest absolute Gasteiger partial charge is 0.357 e. The number of amides is 1. The third-order valence-electron chi connectivity index (χ3n) is 5.26. The molecule has 3 rings (SSSR count). The van der Waals surface area contributed by atoms with E-state index in [2.05, 4.69) is 15.6 Å². The summed E-state index contributed by atoms with van der Waals surface area (Å²) in [5.74, 6) is 0.558. The van der Waals surface area contributed by atoms with Crippen molar-refractivity contribution in [2.45, 2.75) is 31.7 Å². The van der Waals surface area contributed by atoms with Crippen LogP contribution in [-0.2, 0) is 12.0 Å². The first-order chi connectivity index (χ1) is 13.9. The lowest BCUT2D eigenvalue weighted by Crippen LogP contribution is -2.41. The molecule has 0 spiro atoms. The zero-order chi connectivity index (χ0) is 20.9. The Kier molecular flexibility index (Phi) is 8.64. The van der Waals surface area contributed by atoms with Crippen LogP contribution in [0.25, 0.3) is 0 Å². The van der Waals surface area contributed by atoms with Gasteiger partial charge in [0.2, 0.25) is 0 Å². The summed E-state index contributed by atoms with van der Waals surface area (Å²) in [5, 5.41) is 6.62. The summed E-state index contributed by atoms with van der Waals surface area (Å²) in [6.07, 6.45) is 1.95. The Morgan fingerprint density at radius 2 is 1.77 bits per heavy atom. The van der Waals surface area contributed by atoms with E-state index in [1.807, 2.05) is 43.3 Å². The molecular weight excluding hydrogens is 494 g/mol. The van der Waals surface area contributed by atoms with Crippen LogP contribution in [0.4, 0.5) is 4.39 Å². The van der Waals surface area contributed by atoms with Crippen molar-refractivity contribution in [3.05, 3.63) is 71.0 Å². The Hall–Kier alpha value is -2.16. The molecule has 0 unspecified atom stereocenters. The summed E-state index contributed by atoms with van der Waals surface area (Å²) in [5.41, 5.74) is 2.32. The van der Waals surface area contributed by atoms with Gasteiger partial charge in [-0.15, -0.1) is 24.0 Å². The molecule has 0 aliphatic heterocycles. The van der Waals surface area contributed by atoms with Gasteiger partial charge in [0.25, 0.3) is 5.91 Å². The van der Waals surface area contributed by atoms with E-state index in [9.17, 15) is 9.18 Å². The third kappa shape index (κ3) is 5.93. The number of aliphatic imine (C=N–C) groups is 1. The van der Waals surface area contributed by atoms with Gasteiger partial charge in [0.05, 0.1) is 6.54 Å². The highest BCUT2D eigenvalue weighted by Gasteiger charge is 2.45. The van der Waals surface area contributed by atoms with Crippen LogP contribution in [0.5, 0.6) is 0 Å². The van der Waals surface area contributed by atoms with Crippen LogP contribution < -0.4 is 10.6 Å². The number of nitrogens with zero attached hydrogens (tertiary/aromatic N) is 2. The van der Waals surface area contributed by atoms with E-state index in [0.29, 0.717) is 24.6 Å². The first-order valence-corrected chi connectivity index (χ1v) is 10.0. The molecule has 0 aromatic heterocycles. The molecule has 2 aromatic carbocycles. The first-order valence-electron chi connectivity index (χ1n) is 10.0. The molecule has 0 bridgehead atoms. The first kappa shape index (κ1) is 24.1. The van der Waals surface area contributed by atoms with Crippen LogP contribution in [0.2, 0.25) is 0 Å². The van der Waals surface area contributed by atoms with Crippen molar-refractivity contribution in [1.29, 1.82) is 0 Å². The van der Waals surface area contributed by atoms with E-state index in [0.717, 1.165) is 30.5 Å². The number of carbonyl (C=O) groups is 1. The minimum absolute atomic E-state index is 0. The summed E-state index contributed by atoms with van der Waals surface area (Å²) in [4.78, 5) is 18.2.